The first-order valence-electron chi connectivity index (χ1n) is 5.31. The maximum Gasteiger partial charge on any atom is 0.299 e. The molecule has 0 spiro atoms. The Kier molecular flexibility index (Phi) is 3.39. The molecule has 0 aliphatic carbocycles. The summed E-state index contributed by atoms with van der Waals surface area (Å²) < 4.78 is 31.3. The Bertz CT molecular complexity index is 585. The molecule has 0 aromatic heterocycles. The number of methoxy groups -OCH3 is 1. The van der Waals surface area contributed by atoms with Gasteiger partial charge in [-0.2, -0.15) is 0 Å². The monoisotopic (exact) mass is 269 g/mol. The molecule has 0 radical (unpaired) electrons. The number of hydrogen-bond donors (Lipinski definition) is 0. The van der Waals surface area contributed by atoms with Crippen LogP contribution in [0.25, 0.3) is 0 Å². The highest BCUT2D eigenvalue weighted by Crippen LogP contribution is 2.32. The number of benzene rings is 1. The molecule has 100 valence electrons. The summed E-state index contributed by atoms with van der Waals surface area (Å²) in [6.45, 7) is -0.760. The SMILES string of the molecule is COCC(=O)CN1C(=O)C(=O)c2cc(F)cc(F)c21. The molecule has 0 bridgehead atoms. The second-order valence-electron chi connectivity index (χ2n) is 3.98. The lowest BCUT2D eigenvalue weighted by Crippen LogP contribution is -2.36. The first kappa shape index (κ1) is 13.3. The minimum absolute atomic E-state index is 0.268. The van der Waals surface area contributed by atoms with Gasteiger partial charge in [0, 0.05) is 13.2 Å². The minimum Gasteiger partial charge on any atom is -0.377 e. The summed E-state index contributed by atoms with van der Waals surface area (Å²) in [7, 11) is 1.29. The van der Waals surface area contributed by atoms with Gasteiger partial charge in [-0.25, -0.2) is 8.78 Å². The number of ether oxygens (including phenoxy) is 1. The molecule has 0 atom stereocenters. The molecular weight excluding hydrogens is 260 g/mol. The number of nitrogens with zero attached hydrogens (tertiary/aromatic N) is 1. The molecule has 5 nitrogen and oxygen atoms in total. The molecule has 1 amide bonds. The predicted octanol–water partition coefficient (Wildman–Crippen LogP) is 0.710. The van der Waals surface area contributed by atoms with Gasteiger partial charge in [-0.1, -0.05) is 0 Å². The number of fused-ring (bicyclic) bond motifs is 1. The summed E-state index contributed by atoms with van der Waals surface area (Å²) in [6, 6.07) is 1.33. The van der Waals surface area contributed by atoms with E-state index in [1.807, 2.05) is 0 Å². The minimum atomic E-state index is -1.06. The van der Waals surface area contributed by atoms with Crippen molar-refractivity contribution >= 4 is 23.2 Å². The van der Waals surface area contributed by atoms with E-state index in [9.17, 15) is 23.2 Å². The van der Waals surface area contributed by atoms with Gasteiger partial charge in [0.05, 0.1) is 17.8 Å². The highest BCUT2D eigenvalue weighted by Gasteiger charge is 2.39. The van der Waals surface area contributed by atoms with E-state index in [-0.39, 0.29) is 17.9 Å². The second kappa shape index (κ2) is 4.85. The number of ketones is 2. The van der Waals surface area contributed by atoms with Crippen LogP contribution in [0.1, 0.15) is 10.4 Å². The van der Waals surface area contributed by atoms with Crippen molar-refractivity contribution in [2.45, 2.75) is 0 Å². The Hall–Kier alpha value is -2.15. The molecule has 1 aromatic carbocycles. The number of carbonyl (C=O) groups excluding carboxylic acids is 3. The van der Waals surface area contributed by atoms with Crippen molar-refractivity contribution < 1.29 is 27.9 Å². The second-order valence-corrected chi connectivity index (χ2v) is 3.98. The Labute approximate surface area is 106 Å². The zero-order valence-corrected chi connectivity index (χ0v) is 9.91. The summed E-state index contributed by atoms with van der Waals surface area (Å²) >= 11 is 0. The molecule has 1 aliphatic heterocycles. The van der Waals surface area contributed by atoms with Gasteiger partial charge in [-0.3, -0.25) is 19.3 Å². The van der Waals surface area contributed by atoms with Gasteiger partial charge in [0.2, 0.25) is 0 Å². The van der Waals surface area contributed by atoms with Gasteiger partial charge < -0.3 is 4.74 Å². The number of carbonyl (C=O) groups is 3. The highest BCUT2D eigenvalue weighted by atomic mass is 19.1. The Balaban J connectivity index is 2.41. The van der Waals surface area contributed by atoms with Crippen LogP contribution in [0.2, 0.25) is 0 Å². The standard InChI is InChI=1S/C12H9F2NO4/c1-19-5-7(16)4-15-10-8(11(17)12(15)18)2-6(13)3-9(10)14/h2-3H,4-5H2,1H3. The zero-order valence-electron chi connectivity index (χ0n) is 9.91. The first-order valence-corrected chi connectivity index (χ1v) is 5.31. The number of rotatable bonds is 4. The number of anilines is 1. The molecule has 0 fully saturated rings. The number of halogens is 2. The molecule has 0 saturated heterocycles. The van der Waals surface area contributed by atoms with E-state index in [1.165, 1.54) is 7.11 Å². The van der Waals surface area contributed by atoms with Crippen molar-refractivity contribution in [3.05, 3.63) is 29.3 Å². The molecule has 7 heteroatoms. The smallest absolute Gasteiger partial charge is 0.299 e. The van der Waals surface area contributed by atoms with Crippen molar-refractivity contribution in [1.82, 2.24) is 0 Å². The predicted molar refractivity (Wildman–Crippen MR) is 59.9 cm³/mol. The normalized spacial score (nSPS) is 13.9. The third kappa shape index (κ3) is 2.24. The van der Waals surface area contributed by atoms with E-state index in [0.717, 1.165) is 6.07 Å². The topological polar surface area (TPSA) is 63.7 Å². The fourth-order valence-electron chi connectivity index (χ4n) is 1.89. The number of hydrogen-bond acceptors (Lipinski definition) is 4. The summed E-state index contributed by atoms with van der Waals surface area (Å²) in [5, 5.41) is 0. The van der Waals surface area contributed by atoms with Crippen LogP contribution in [0, 0.1) is 11.6 Å². The average molecular weight is 269 g/mol. The maximum absolute atomic E-state index is 13.7. The van der Waals surface area contributed by atoms with E-state index in [4.69, 9.17) is 0 Å². The van der Waals surface area contributed by atoms with Crippen LogP contribution in [0.5, 0.6) is 0 Å². The molecule has 1 aliphatic rings. The van der Waals surface area contributed by atoms with E-state index in [1.54, 1.807) is 0 Å². The van der Waals surface area contributed by atoms with Gasteiger partial charge >= 0.3 is 0 Å². The Morgan fingerprint density at radius 2 is 2.00 bits per heavy atom. The lowest BCUT2D eigenvalue weighted by molar-refractivity contribution is -0.123. The molecular formula is C12H9F2NO4. The zero-order chi connectivity index (χ0) is 14.2. The van der Waals surface area contributed by atoms with Crippen molar-refractivity contribution in [2.24, 2.45) is 0 Å². The van der Waals surface area contributed by atoms with E-state index < -0.39 is 35.7 Å². The maximum atomic E-state index is 13.7. The lowest BCUT2D eigenvalue weighted by Gasteiger charge is -2.15. The summed E-state index contributed by atoms with van der Waals surface area (Å²) in [5.74, 6) is -4.59. The van der Waals surface area contributed by atoms with Gasteiger partial charge in [-0.15, -0.1) is 0 Å². The van der Waals surface area contributed by atoms with Crippen LogP contribution in [0.15, 0.2) is 12.1 Å². The number of amides is 1. The van der Waals surface area contributed by atoms with Gasteiger partial charge in [0.1, 0.15) is 12.4 Å². The van der Waals surface area contributed by atoms with Crippen molar-refractivity contribution in [2.75, 3.05) is 25.2 Å². The van der Waals surface area contributed by atoms with Crippen LogP contribution in [0.4, 0.5) is 14.5 Å². The molecule has 1 aromatic rings. The van der Waals surface area contributed by atoms with Crippen LogP contribution < -0.4 is 4.90 Å². The molecule has 0 N–H and O–H groups in total. The molecule has 1 heterocycles. The quantitative estimate of drug-likeness (QED) is 0.755. The van der Waals surface area contributed by atoms with Crippen molar-refractivity contribution in [1.29, 1.82) is 0 Å². The third-order valence-electron chi connectivity index (χ3n) is 2.62. The van der Waals surface area contributed by atoms with Gasteiger partial charge in [0.25, 0.3) is 11.7 Å². The summed E-state index contributed by atoms with van der Waals surface area (Å²) in [4.78, 5) is 35.4. The van der Waals surface area contributed by atoms with Crippen molar-refractivity contribution in [3.63, 3.8) is 0 Å². The largest absolute Gasteiger partial charge is 0.377 e. The van der Waals surface area contributed by atoms with E-state index >= 15 is 0 Å². The van der Waals surface area contributed by atoms with Crippen LogP contribution in [-0.4, -0.2) is 37.7 Å². The molecule has 2 rings (SSSR count). The molecule has 0 unspecified atom stereocenters. The Morgan fingerprint density at radius 1 is 1.32 bits per heavy atom. The van der Waals surface area contributed by atoms with E-state index in [0.29, 0.717) is 11.0 Å². The lowest BCUT2D eigenvalue weighted by atomic mass is 10.1. The fourth-order valence-corrected chi connectivity index (χ4v) is 1.89. The highest BCUT2D eigenvalue weighted by molar-refractivity contribution is 6.52. The first-order chi connectivity index (χ1) is 8.95. The Morgan fingerprint density at radius 3 is 2.63 bits per heavy atom. The summed E-state index contributed by atoms with van der Waals surface area (Å²) in [6.07, 6.45) is 0. The van der Waals surface area contributed by atoms with Crippen molar-refractivity contribution in [3.8, 4) is 0 Å². The number of Topliss-reactive ketones (excluding diaryl/α,β-unsaturated/α-hetero) is 2. The van der Waals surface area contributed by atoms with Crippen LogP contribution >= 0.6 is 0 Å². The van der Waals surface area contributed by atoms with Crippen LogP contribution in [0.3, 0.4) is 0 Å². The summed E-state index contributed by atoms with van der Waals surface area (Å²) in [5.41, 5.74) is -0.728. The van der Waals surface area contributed by atoms with Gasteiger partial charge in [0.15, 0.2) is 11.6 Å². The van der Waals surface area contributed by atoms with E-state index in [2.05, 4.69) is 4.74 Å². The third-order valence-corrected chi connectivity index (χ3v) is 2.62. The van der Waals surface area contributed by atoms with Gasteiger partial charge in [-0.05, 0) is 6.07 Å². The molecule has 0 saturated carbocycles. The average Bonchev–Trinajstić information content (AvgIpc) is 2.55. The fraction of sp³-hybridized carbons (Fsp3) is 0.250. The molecule has 19 heavy (non-hydrogen) atoms. The van der Waals surface area contributed by atoms with Crippen LogP contribution in [-0.2, 0) is 14.3 Å².